The Bertz CT molecular complexity index is 895. The van der Waals surface area contributed by atoms with Gasteiger partial charge in [0.2, 0.25) is 11.4 Å². The van der Waals surface area contributed by atoms with Crippen LogP contribution in [0.5, 0.6) is 0 Å². The van der Waals surface area contributed by atoms with Gasteiger partial charge in [0, 0.05) is 12.0 Å². The van der Waals surface area contributed by atoms with Gasteiger partial charge < -0.3 is 10.6 Å². The number of halogens is 3. The third-order valence-electron chi connectivity index (χ3n) is 4.29. The summed E-state index contributed by atoms with van der Waals surface area (Å²) in [4.78, 5) is 50.9. The largest absolute Gasteiger partial charge is 0.425 e. The highest BCUT2D eigenvalue weighted by Crippen LogP contribution is 2.45. The summed E-state index contributed by atoms with van der Waals surface area (Å²) >= 11 is 0. The van der Waals surface area contributed by atoms with Crippen LogP contribution >= 0.6 is 0 Å². The second kappa shape index (κ2) is 6.54. The molecule has 2 heterocycles. The van der Waals surface area contributed by atoms with Crippen LogP contribution in [0.4, 0.5) is 19.0 Å². The summed E-state index contributed by atoms with van der Waals surface area (Å²) < 4.78 is 43.0. The second-order valence-corrected chi connectivity index (χ2v) is 7.39. The van der Waals surface area contributed by atoms with E-state index >= 15 is 0 Å². The zero-order valence-electron chi connectivity index (χ0n) is 15.3. The van der Waals surface area contributed by atoms with Crippen molar-refractivity contribution in [3.8, 4) is 0 Å². The van der Waals surface area contributed by atoms with Gasteiger partial charge in [-0.15, -0.1) is 0 Å². The van der Waals surface area contributed by atoms with E-state index in [0.29, 0.717) is 12.8 Å². The van der Waals surface area contributed by atoms with Gasteiger partial charge in [-0.05, 0) is 6.42 Å². The average molecular weight is 390 g/mol. The lowest BCUT2D eigenvalue weighted by molar-refractivity contribution is -0.201. The van der Waals surface area contributed by atoms with Gasteiger partial charge in [-0.25, -0.2) is 4.79 Å². The normalized spacial score (nSPS) is 19.6. The fourth-order valence-corrected chi connectivity index (χ4v) is 2.71. The standard InChI is InChI=1S/C16H21F3N4O4/c1-5-6-7-23-9-8(10(24)21-13(23)27)15(12(26)20-9,16(17,18)19)22-11(25)14(2,3)4/h5-7H2,1-4H3,(H,20,26)(H,22,25)(H,21,24,27). The smallest absolute Gasteiger partial charge is 0.330 e. The zero-order valence-corrected chi connectivity index (χ0v) is 15.3. The summed E-state index contributed by atoms with van der Waals surface area (Å²) in [7, 11) is 0. The summed E-state index contributed by atoms with van der Waals surface area (Å²) in [5.74, 6) is -3.26. The van der Waals surface area contributed by atoms with Crippen molar-refractivity contribution in [2.75, 3.05) is 5.32 Å². The number of hydrogen-bond donors (Lipinski definition) is 3. The number of carbonyl (C=O) groups excluding carboxylic acids is 2. The first-order valence-corrected chi connectivity index (χ1v) is 8.35. The number of anilines is 1. The Labute approximate surface area is 152 Å². The third kappa shape index (κ3) is 3.26. The molecule has 2 amide bonds. The lowest BCUT2D eigenvalue weighted by Crippen LogP contribution is -2.63. The number of rotatable bonds is 4. The number of nitrogens with zero attached hydrogens (tertiary/aromatic N) is 1. The molecule has 0 fully saturated rings. The molecule has 0 aromatic carbocycles. The van der Waals surface area contributed by atoms with Crippen LogP contribution in [0.1, 0.15) is 46.1 Å². The lowest BCUT2D eigenvalue weighted by Gasteiger charge is -2.32. The molecule has 1 aliphatic heterocycles. The van der Waals surface area contributed by atoms with Gasteiger partial charge >= 0.3 is 11.9 Å². The van der Waals surface area contributed by atoms with Crippen LogP contribution in [-0.4, -0.2) is 27.5 Å². The first-order chi connectivity index (χ1) is 12.3. The van der Waals surface area contributed by atoms with E-state index in [2.05, 4.69) is 0 Å². The number of hydrogen-bond acceptors (Lipinski definition) is 4. The molecule has 0 bridgehead atoms. The zero-order chi connectivity index (χ0) is 20.8. The number of nitrogens with one attached hydrogen (secondary N) is 3. The van der Waals surface area contributed by atoms with Crippen molar-refractivity contribution in [3.05, 3.63) is 26.4 Å². The molecule has 150 valence electrons. The molecule has 27 heavy (non-hydrogen) atoms. The number of amides is 2. The van der Waals surface area contributed by atoms with Gasteiger partial charge in [-0.2, -0.15) is 13.2 Å². The average Bonchev–Trinajstić information content (AvgIpc) is 2.80. The van der Waals surface area contributed by atoms with Crippen molar-refractivity contribution in [1.82, 2.24) is 14.9 Å². The third-order valence-corrected chi connectivity index (χ3v) is 4.29. The monoisotopic (exact) mass is 390 g/mol. The Morgan fingerprint density at radius 1 is 1.19 bits per heavy atom. The van der Waals surface area contributed by atoms with Crippen LogP contribution in [0.15, 0.2) is 9.59 Å². The van der Waals surface area contributed by atoms with E-state index in [1.165, 1.54) is 20.8 Å². The summed E-state index contributed by atoms with van der Waals surface area (Å²) in [6.07, 6.45) is -4.26. The van der Waals surface area contributed by atoms with E-state index in [1.54, 1.807) is 12.2 Å². The van der Waals surface area contributed by atoms with Crippen molar-refractivity contribution in [1.29, 1.82) is 0 Å². The van der Waals surface area contributed by atoms with Gasteiger partial charge in [-0.1, -0.05) is 34.1 Å². The van der Waals surface area contributed by atoms with E-state index in [4.69, 9.17) is 0 Å². The minimum absolute atomic E-state index is 0.00409. The predicted octanol–water partition coefficient (Wildman–Crippen LogP) is 1.21. The molecule has 0 saturated heterocycles. The Morgan fingerprint density at radius 2 is 1.78 bits per heavy atom. The molecular weight excluding hydrogens is 369 g/mol. The minimum atomic E-state index is -5.32. The molecule has 0 aliphatic carbocycles. The summed E-state index contributed by atoms with van der Waals surface area (Å²) in [5, 5.41) is 3.69. The minimum Gasteiger partial charge on any atom is -0.330 e. The maximum Gasteiger partial charge on any atom is 0.425 e. The fraction of sp³-hybridized carbons (Fsp3) is 0.625. The highest BCUT2D eigenvalue weighted by Gasteiger charge is 2.68. The molecule has 1 atom stereocenters. The van der Waals surface area contributed by atoms with Crippen molar-refractivity contribution < 1.29 is 22.8 Å². The molecule has 0 saturated carbocycles. The number of alkyl halides is 3. The highest BCUT2D eigenvalue weighted by molar-refractivity contribution is 6.07. The van der Waals surface area contributed by atoms with Gasteiger partial charge in [0.15, 0.2) is 0 Å². The molecule has 1 aromatic rings. The van der Waals surface area contributed by atoms with Crippen molar-refractivity contribution in [2.24, 2.45) is 5.41 Å². The van der Waals surface area contributed by atoms with E-state index < -0.39 is 51.6 Å². The number of unbranched alkanes of at least 4 members (excludes halogenated alkanes) is 1. The fourth-order valence-electron chi connectivity index (χ4n) is 2.71. The topological polar surface area (TPSA) is 113 Å². The van der Waals surface area contributed by atoms with Crippen LogP contribution in [0.3, 0.4) is 0 Å². The van der Waals surface area contributed by atoms with Gasteiger partial charge in [0.1, 0.15) is 11.4 Å². The van der Waals surface area contributed by atoms with Crippen LogP contribution < -0.4 is 21.9 Å². The number of aromatic amines is 1. The molecular formula is C16H21F3N4O4. The van der Waals surface area contributed by atoms with Crippen LogP contribution in [0, 0.1) is 5.41 Å². The summed E-state index contributed by atoms with van der Waals surface area (Å²) in [6.45, 7) is 5.90. The molecule has 1 unspecified atom stereocenters. The maximum atomic E-state index is 14.0. The highest BCUT2D eigenvalue weighted by atomic mass is 19.4. The van der Waals surface area contributed by atoms with Gasteiger partial charge in [-0.3, -0.25) is 23.9 Å². The van der Waals surface area contributed by atoms with Gasteiger partial charge in [0.05, 0.1) is 0 Å². The number of carbonyl (C=O) groups is 2. The number of fused-ring (bicyclic) bond motifs is 1. The first kappa shape index (κ1) is 20.7. The van der Waals surface area contributed by atoms with Crippen LogP contribution in [0.25, 0.3) is 0 Å². The Hall–Kier alpha value is -2.59. The molecule has 8 nitrogen and oxygen atoms in total. The Balaban J connectivity index is 2.81. The quantitative estimate of drug-likeness (QED) is 0.717. The molecule has 1 aromatic heterocycles. The molecule has 2 rings (SSSR count). The van der Waals surface area contributed by atoms with Crippen LogP contribution in [-0.2, 0) is 21.7 Å². The van der Waals surface area contributed by atoms with Crippen molar-refractivity contribution >= 4 is 17.6 Å². The number of aromatic nitrogens is 2. The van der Waals surface area contributed by atoms with Crippen molar-refractivity contribution in [3.63, 3.8) is 0 Å². The molecule has 0 spiro atoms. The van der Waals surface area contributed by atoms with E-state index in [-0.39, 0.29) is 6.54 Å². The maximum absolute atomic E-state index is 14.0. The number of H-pyrrole nitrogens is 1. The SMILES string of the molecule is CCCCn1c2c(c(=O)[nH]c1=O)C(NC(=O)C(C)(C)C)(C(F)(F)F)C(=O)N2. The first-order valence-electron chi connectivity index (χ1n) is 8.35. The van der Waals surface area contributed by atoms with Gasteiger partial charge in [0.25, 0.3) is 11.5 Å². The van der Waals surface area contributed by atoms with Crippen molar-refractivity contribution in [2.45, 2.75) is 58.8 Å². The van der Waals surface area contributed by atoms with Crippen LogP contribution in [0.2, 0.25) is 0 Å². The molecule has 11 heteroatoms. The summed E-state index contributed by atoms with van der Waals surface area (Å²) in [5.41, 5.74) is -8.19. The summed E-state index contributed by atoms with van der Waals surface area (Å²) in [6, 6.07) is 0. The Morgan fingerprint density at radius 3 is 2.26 bits per heavy atom. The lowest BCUT2D eigenvalue weighted by atomic mass is 9.88. The molecule has 3 N–H and O–H groups in total. The molecule has 0 radical (unpaired) electrons. The van der Waals surface area contributed by atoms with E-state index in [0.717, 1.165) is 4.57 Å². The Kier molecular flexibility index (Phi) is 5.02. The van der Waals surface area contributed by atoms with E-state index in [1.807, 2.05) is 10.3 Å². The second-order valence-electron chi connectivity index (χ2n) is 7.39. The van der Waals surface area contributed by atoms with E-state index in [9.17, 15) is 32.3 Å². The molecule has 1 aliphatic rings. The predicted molar refractivity (Wildman–Crippen MR) is 90.2 cm³/mol.